The Hall–Kier alpha value is -1.43. The van der Waals surface area contributed by atoms with Gasteiger partial charge in [-0.15, -0.1) is 11.3 Å². The van der Waals surface area contributed by atoms with Crippen LogP contribution in [0.3, 0.4) is 0 Å². The molecule has 5 nitrogen and oxygen atoms in total. The number of nitrogens with two attached hydrogens (primary N) is 1. The molecule has 0 saturated carbocycles. The number of thiazole rings is 1. The van der Waals surface area contributed by atoms with Gasteiger partial charge in [-0.1, -0.05) is 20.8 Å². The highest BCUT2D eigenvalue weighted by atomic mass is 32.1. The number of primary amides is 1. The van der Waals surface area contributed by atoms with Gasteiger partial charge in [0, 0.05) is 5.38 Å². The molecule has 6 heteroatoms. The van der Waals surface area contributed by atoms with Crippen LogP contribution in [0.1, 0.15) is 37.7 Å². The Morgan fingerprint density at radius 3 is 2.59 bits per heavy atom. The molecule has 94 valence electrons. The van der Waals surface area contributed by atoms with Crippen LogP contribution in [0.2, 0.25) is 0 Å². The zero-order valence-electron chi connectivity index (χ0n) is 10.2. The van der Waals surface area contributed by atoms with Gasteiger partial charge in [0.1, 0.15) is 11.2 Å². The maximum Gasteiger partial charge on any atom is 0.271 e. The van der Waals surface area contributed by atoms with Gasteiger partial charge in [0.15, 0.2) is 0 Å². The van der Waals surface area contributed by atoms with Crippen LogP contribution < -0.4 is 11.1 Å². The summed E-state index contributed by atoms with van der Waals surface area (Å²) >= 11 is 1.33. The molecule has 1 heterocycles. The van der Waals surface area contributed by atoms with E-state index in [1.807, 2.05) is 20.8 Å². The molecule has 0 fully saturated rings. The molecule has 0 saturated heterocycles. The molecule has 3 N–H and O–H groups in total. The van der Waals surface area contributed by atoms with Gasteiger partial charge in [-0.25, -0.2) is 4.98 Å². The molecule has 1 aromatic heterocycles. The van der Waals surface area contributed by atoms with Crippen LogP contribution in [0, 0.1) is 5.92 Å². The summed E-state index contributed by atoms with van der Waals surface area (Å²) in [6.07, 6.45) is 0.454. The molecule has 1 atom stereocenters. The van der Waals surface area contributed by atoms with Crippen molar-refractivity contribution in [1.82, 2.24) is 10.3 Å². The van der Waals surface area contributed by atoms with E-state index in [-0.39, 0.29) is 11.8 Å². The van der Waals surface area contributed by atoms with Gasteiger partial charge >= 0.3 is 0 Å². The van der Waals surface area contributed by atoms with Crippen LogP contribution >= 0.6 is 11.3 Å². The first-order valence-electron chi connectivity index (χ1n) is 5.44. The molecular weight excluding hydrogens is 238 g/mol. The smallest absolute Gasteiger partial charge is 0.271 e. The third-order valence-electron chi connectivity index (χ3n) is 2.98. The molecule has 1 rings (SSSR count). The molecule has 0 bridgehead atoms. The number of nitrogens with zero attached hydrogens (tertiary/aromatic N) is 1. The first-order valence-corrected chi connectivity index (χ1v) is 6.39. The van der Waals surface area contributed by atoms with Crippen LogP contribution in [-0.2, 0) is 4.79 Å². The van der Waals surface area contributed by atoms with Crippen molar-refractivity contribution in [2.45, 2.75) is 32.7 Å². The topological polar surface area (TPSA) is 85.1 Å². The maximum atomic E-state index is 11.9. The Kier molecular flexibility index (Phi) is 4.22. The molecule has 0 aromatic carbocycles. The molecule has 2 amide bonds. The fraction of sp³-hybridized carbons (Fsp3) is 0.545. The number of nitrogens with one attached hydrogen (secondary N) is 1. The van der Waals surface area contributed by atoms with Gasteiger partial charge in [0.2, 0.25) is 5.91 Å². The Labute approximate surface area is 104 Å². The second-order valence-corrected chi connectivity index (χ2v) is 4.89. The van der Waals surface area contributed by atoms with Gasteiger partial charge in [-0.2, -0.15) is 0 Å². The van der Waals surface area contributed by atoms with Crippen molar-refractivity contribution >= 4 is 23.2 Å². The van der Waals surface area contributed by atoms with Gasteiger partial charge < -0.3 is 11.1 Å². The predicted octanol–water partition coefficient (Wildman–Crippen LogP) is 1.16. The number of rotatable bonds is 5. The van der Waals surface area contributed by atoms with Crippen LogP contribution in [0.25, 0.3) is 0 Å². The molecule has 0 spiro atoms. The molecular formula is C11H17N3O2S. The standard InChI is InChI=1S/C11H17N3O2S/c1-4-11(7(2)3,10(12)16)14-9(15)8-5-17-6-13-8/h5-7H,4H2,1-3H3,(H2,12,16)(H,14,15)/t11-/m1/s1. The fourth-order valence-corrected chi connectivity index (χ4v) is 2.28. The Morgan fingerprint density at radius 2 is 2.24 bits per heavy atom. The number of hydrogen-bond donors (Lipinski definition) is 2. The highest BCUT2D eigenvalue weighted by Gasteiger charge is 2.40. The van der Waals surface area contributed by atoms with Crippen LogP contribution in [-0.4, -0.2) is 22.3 Å². The van der Waals surface area contributed by atoms with E-state index < -0.39 is 11.4 Å². The highest BCUT2D eigenvalue weighted by molar-refractivity contribution is 7.07. The minimum absolute atomic E-state index is 0.0763. The summed E-state index contributed by atoms with van der Waals surface area (Å²) < 4.78 is 0. The van der Waals surface area contributed by atoms with Gasteiger partial charge in [0.25, 0.3) is 5.91 Å². The third kappa shape index (κ3) is 2.63. The zero-order chi connectivity index (χ0) is 13.1. The summed E-state index contributed by atoms with van der Waals surface area (Å²) in [5.41, 5.74) is 6.29. The molecule has 0 aliphatic carbocycles. The van der Waals surface area contributed by atoms with E-state index in [2.05, 4.69) is 10.3 Å². The zero-order valence-corrected chi connectivity index (χ0v) is 11.0. The average molecular weight is 255 g/mol. The number of aromatic nitrogens is 1. The minimum atomic E-state index is -1.01. The van der Waals surface area contributed by atoms with Gasteiger partial charge in [-0.3, -0.25) is 9.59 Å². The summed E-state index contributed by atoms with van der Waals surface area (Å²) in [4.78, 5) is 27.4. The van der Waals surface area contributed by atoms with E-state index >= 15 is 0 Å². The second kappa shape index (κ2) is 5.27. The molecule has 1 aromatic rings. The summed E-state index contributed by atoms with van der Waals surface area (Å²) in [6.45, 7) is 5.54. The van der Waals surface area contributed by atoms with Crippen molar-refractivity contribution in [1.29, 1.82) is 0 Å². The molecule has 0 aliphatic heterocycles. The van der Waals surface area contributed by atoms with Gasteiger partial charge in [-0.05, 0) is 12.3 Å². The molecule has 0 radical (unpaired) electrons. The van der Waals surface area contributed by atoms with E-state index in [0.717, 1.165) is 0 Å². The molecule has 0 unspecified atom stereocenters. The number of hydrogen-bond acceptors (Lipinski definition) is 4. The van der Waals surface area contributed by atoms with E-state index in [9.17, 15) is 9.59 Å². The monoisotopic (exact) mass is 255 g/mol. The lowest BCUT2D eigenvalue weighted by Gasteiger charge is -2.34. The van der Waals surface area contributed by atoms with Crippen LogP contribution in [0.4, 0.5) is 0 Å². The highest BCUT2D eigenvalue weighted by Crippen LogP contribution is 2.21. The van der Waals surface area contributed by atoms with Gasteiger partial charge in [0.05, 0.1) is 5.51 Å². The summed E-state index contributed by atoms with van der Waals surface area (Å²) in [5, 5.41) is 4.35. The summed E-state index contributed by atoms with van der Waals surface area (Å²) in [5.74, 6) is -0.952. The Balaban J connectivity index is 2.95. The first-order chi connectivity index (χ1) is 7.94. The number of carbonyl (C=O) groups excluding carboxylic acids is 2. The van der Waals surface area contributed by atoms with E-state index in [1.54, 1.807) is 10.9 Å². The van der Waals surface area contributed by atoms with Crippen LogP contribution in [0.15, 0.2) is 10.9 Å². The quantitative estimate of drug-likeness (QED) is 0.828. The van der Waals surface area contributed by atoms with Crippen molar-refractivity contribution in [3.8, 4) is 0 Å². The minimum Gasteiger partial charge on any atom is -0.368 e. The summed E-state index contributed by atoms with van der Waals surface area (Å²) in [7, 11) is 0. The lowest BCUT2D eigenvalue weighted by Crippen LogP contribution is -2.60. The van der Waals surface area contributed by atoms with Crippen molar-refractivity contribution in [3.05, 3.63) is 16.6 Å². The van der Waals surface area contributed by atoms with Crippen molar-refractivity contribution in [3.63, 3.8) is 0 Å². The normalized spacial score (nSPS) is 14.4. The Bertz CT molecular complexity index is 403. The second-order valence-electron chi connectivity index (χ2n) is 4.17. The summed E-state index contributed by atoms with van der Waals surface area (Å²) in [6, 6.07) is 0. The van der Waals surface area contributed by atoms with E-state index in [1.165, 1.54) is 11.3 Å². The van der Waals surface area contributed by atoms with E-state index in [0.29, 0.717) is 12.1 Å². The first kappa shape index (κ1) is 13.6. The lowest BCUT2D eigenvalue weighted by atomic mass is 9.83. The predicted molar refractivity (Wildman–Crippen MR) is 66.6 cm³/mol. The average Bonchev–Trinajstić information content (AvgIpc) is 2.77. The largest absolute Gasteiger partial charge is 0.368 e. The van der Waals surface area contributed by atoms with E-state index in [4.69, 9.17) is 5.73 Å². The van der Waals surface area contributed by atoms with Crippen LogP contribution in [0.5, 0.6) is 0 Å². The lowest BCUT2D eigenvalue weighted by molar-refractivity contribution is -0.126. The third-order valence-corrected chi connectivity index (χ3v) is 3.57. The van der Waals surface area contributed by atoms with Crippen molar-refractivity contribution in [2.75, 3.05) is 0 Å². The van der Waals surface area contributed by atoms with Crippen molar-refractivity contribution in [2.24, 2.45) is 11.7 Å². The molecule has 0 aliphatic rings. The maximum absolute atomic E-state index is 11.9. The molecule has 17 heavy (non-hydrogen) atoms. The number of carbonyl (C=O) groups is 2. The number of amides is 2. The fourth-order valence-electron chi connectivity index (χ4n) is 1.75. The van der Waals surface area contributed by atoms with Crippen molar-refractivity contribution < 1.29 is 9.59 Å². The Morgan fingerprint density at radius 1 is 1.59 bits per heavy atom. The SMILES string of the molecule is CC[C@](NC(=O)c1cscn1)(C(N)=O)C(C)C.